The lowest BCUT2D eigenvalue weighted by molar-refractivity contribution is -0.118. The smallest absolute Gasteiger partial charge is 0.230 e. The molecule has 2 aromatic heterocycles. The second-order valence-corrected chi connectivity index (χ2v) is 10.2. The molecule has 1 amide bonds. The summed E-state index contributed by atoms with van der Waals surface area (Å²) in [4.78, 5) is 23.8. The maximum atomic E-state index is 12.1. The minimum atomic E-state index is 0.0131. The van der Waals surface area contributed by atoms with Gasteiger partial charge in [-0.25, -0.2) is 4.98 Å². The van der Waals surface area contributed by atoms with Crippen LogP contribution in [0.15, 0.2) is 34.8 Å². The third-order valence-corrected chi connectivity index (χ3v) is 7.40. The van der Waals surface area contributed by atoms with Crippen LogP contribution in [0.4, 0.5) is 0 Å². The molecule has 3 heterocycles. The number of piperidine rings is 1. The number of benzene rings is 1. The molecule has 0 aliphatic carbocycles. The van der Waals surface area contributed by atoms with Gasteiger partial charge >= 0.3 is 0 Å². The first-order valence-electron chi connectivity index (χ1n) is 11.6. The van der Waals surface area contributed by atoms with E-state index in [0.29, 0.717) is 18.9 Å². The summed E-state index contributed by atoms with van der Waals surface area (Å²) in [6, 6.07) is 7.86. The van der Waals surface area contributed by atoms with Crippen LogP contribution in [-0.4, -0.2) is 59.9 Å². The van der Waals surface area contributed by atoms with Crippen molar-refractivity contribution in [3.8, 4) is 11.5 Å². The summed E-state index contributed by atoms with van der Waals surface area (Å²) in [6.45, 7) is 4.80. The van der Waals surface area contributed by atoms with E-state index < -0.39 is 0 Å². The van der Waals surface area contributed by atoms with Gasteiger partial charge < -0.3 is 19.8 Å². The van der Waals surface area contributed by atoms with E-state index in [1.807, 2.05) is 18.2 Å². The van der Waals surface area contributed by atoms with Crippen LogP contribution in [0.5, 0.6) is 11.5 Å². The molecule has 1 fully saturated rings. The van der Waals surface area contributed by atoms with Gasteiger partial charge in [-0.05, 0) is 57.0 Å². The minimum absolute atomic E-state index is 0.0131. The van der Waals surface area contributed by atoms with Crippen molar-refractivity contribution in [3.63, 3.8) is 0 Å². The van der Waals surface area contributed by atoms with Crippen molar-refractivity contribution in [2.24, 2.45) is 0 Å². The Morgan fingerprint density at radius 1 is 1.21 bits per heavy atom. The number of nitrogens with zero attached hydrogens (tertiary/aromatic N) is 2. The molecule has 0 bridgehead atoms. The molecule has 0 atom stereocenters. The highest BCUT2D eigenvalue weighted by atomic mass is 32.2. The Bertz CT molecular complexity index is 1030. The van der Waals surface area contributed by atoms with E-state index in [2.05, 4.69) is 31.6 Å². The molecule has 9 heteroatoms. The Kier molecular flexibility index (Phi) is 8.91. The summed E-state index contributed by atoms with van der Waals surface area (Å²) in [5.41, 5.74) is 1.77. The van der Waals surface area contributed by atoms with Gasteiger partial charge in [-0.3, -0.25) is 9.69 Å². The molecular formula is C24H32N4O3S2. The number of carbonyl (C=O) groups is 1. The third kappa shape index (κ3) is 7.38. The number of thioether (sulfide) groups is 1. The monoisotopic (exact) mass is 488 g/mol. The van der Waals surface area contributed by atoms with Gasteiger partial charge in [-0.2, -0.15) is 0 Å². The van der Waals surface area contributed by atoms with Gasteiger partial charge in [0.1, 0.15) is 11.5 Å². The van der Waals surface area contributed by atoms with Crippen LogP contribution >= 0.6 is 23.1 Å². The van der Waals surface area contributed by atoms with Crippen molar-refractivity contribution in [2.45, 2.75) is 43.8 Å². The van der Waals surface area contributed by atoms with Gasteiger partial charge in [0.05, 0.1) is 30.5 Å². The van der Waals surface area contributed by atoms with Crippen molar-refractivity contribution in [3.05, 3.63) is 34.5 Å². The number of likely N-dealkylation sites (tertiary alicyclic amines) is 1. The molecule has 4 rings (SSSR count). The topological polar surface area (TPSA) is 79.5 Å². The van der Waals surface area contributed by atoms with E-state index >= 15 is 0 Å². The van der Waals surface area contributed by atoms with Gasteiger partial charge in [0, 0.05) is 29.4 Å². The van der Waals surface area contributed by atoms with Crippen molar-refractivity contribution >= 4 is 40.0 Å². The Labute approximate surface area is 203 Å². The molecule has 0 radical (unpaired) electrons. The number of nitrogens with one attached hydrogen (secondary N) is 2. The zero-order valence-electron chi connectivity index (χ0n) is 19.1. The predicted molar refractivity (Wildman–Crippen MR) is 135 cm³/mol. The summed E-state index contributed by atoms with van der Waals surface area (Å²) in [6.07, 6.45) is 5.81. The minimum Gasteiger partial charge on any atom is -0.497 e. The molecule has 0 unspecified atom stereocenters. The van der Waals surface area contributed by atoms with Crippen LogP contribution in [-0.2, 0) is 11.3 Å². The molecule has 33 heavy (non-hydrogen) atoms. The lowest BCUT2D eigenvalue weighted by Gasteiger charge is -2.25. The molecule has 1 aromatic carbocycles. The maximum Gasteiger partial charge on any atom is 0.230 e. The molecule has 2 N–H and O–H groups in total. The zero-order chi connectivity index (χ0) is 22.9. The van der Waals surface area contributed by atoms with E-state index in [1.165, 1.54) is 49.0 Å². The Hall–Kier alpha value is -2.23. The molecule has 1 aliphatic rings. The van der Waals surface area contributed by atoms with Crippen LogP contribution in [0.25, 0.3) is 11.0 Å². The zero-order valence-corrected chi connectivity index (χ0v) is 20.7. The number of carbonyl (C=O) groups excluding carboxylic acids is 1. The van der Waals surface area contributed by atoms with Crippen LogP contribution < -0.4 is 14.8 Å². The molecule has 178 valence electrons. The van der Waals surface area contributed by atoms with Crippen molar-refractivity contribution < 1.29 is 14.3 Å². The van der Waals surface area contributed by atoms with Crippen LogP contribution in [0.1, 0.15) is 37.0 Å². The highest BCUT2D eigenvalue weighted by Crippen LogP contribution is 2.25. The number of unbranched alkanes of at least 4 members (excludes halogenated alkanes) is 1. The molecule has 1 aliphatic heterocycles. The van der Waals surface area contributed by atoms with Crippen LogP contribution in [0, 0.1) is 0 Å². The fourth-order valence-electron chi connectivity index (χ4n) is 3.85. The number of methoxy groups -OCH3 is 1. The van der Waals surface area contributed by atoms with E-state index in [1.54, 1.807) is 18.4 Å². The molecule has 0 saturated carbocycles. The first kappa shape index (κ1) is 23.9. The number of aromatic amines is 1. The van der Waals surface area contributed by atoms with Gasteiger partial charge in [0.25, 0.3) is 0 Å². The van der Waals surface area contributed by atoms with Crippen LogP contribution in [0.3, 0.4) is 0 Å². The van der Waals surface area contributed by atoms with Gasteiger partial charge in [0.15, 0.2) is 5.16 Å². The summed E-state index contributed by atoms with van der Waals surface area (Å²) in [7, 11) is 1.64. The first-order valence-corrected chi connectivity index (χ1v) is 13.4. The number of hydrogen-bond donors (Lipinski definition) is 2. The Morgan fingerprint density at radius 3 is 2.94 bits per heavy atom. The summed E-state index contributed by atoms with van der Waals surface area (Å²) in [5.74, 6) is 2.10. The lowest BCUT2D eigenvalue weighted by Crippen LogP contribution is -2.28. The normalized spacial score (nSPS) is 14.5. The maximum absolute atomic E-state index is 12.1. The second-order valence-electron chi connectivity index (χ2n) is 8.20. The van der Waals surface area contributed by atoms with Gasteiger partial charge in [-0.1, -0.05) is 18.2 Å². The van der Waals surface area contributed by atoms with Crippen molar-refractivity contribution in [1.29, 1.82) is 0 Å². The number of ether oxygens (including phenoxy) is 2. The standard InChI is InChI=1S/C24H32N4O3S2/c1-30-18-7-8-21-22(14-18)27-24(26-21)33-17-23(29)25-9-3-6-12-31-19-13-20(32-16-19)15-28-10-4-2-5-11-28/h7-8,13-14,16H,2-6,9-12,15,17H2,1H3,(H,25,29)(H,26,27). The fourth-order valence-corrected chi connectivity index (χ4v) is 5.41. The molecular weight excluding hydrogens is 456 g/mol. The lowest BCUT2D eigenvalue weighted by atomic mass is 10.1. The Morgan fingerprint density at radius 2 is 2.09 bits per heavy atom. The Balaban J connectivity index is 1.07. The number of hydrogen-bond acceptors (Lipinski definition) is 7. The highest BCUT2D eigenvalue weighted by Gasteiger charge is 2.12. The largest absolute Gasteiger partial charge is 0.497 e. The first-order chi connectivity index (χ1) is 16.2. The number of amides is 1. The molecule has 3 aromatic rings. The number of aromatic nitrogens is 2. The third-order valence-electron chi connectivity index (χ3n) is 5.63. The summed E-state index contributed by atoms with van der Waals surface area (Å²) >= 11 is 3.18. The van der Waals surface area contributed by atoms with Crippen LogP contribution in [0.2, 0.25) is 0 Å². The van der Waals surface area contributed by atoms with Crippen molar-refractivity contribution in [2.75, 3.05) is 39.1 Å². The van der Waals surface area contributed by atoms with Crippen molar-refractivity contribution in [1.82, 2.24) is 20.2 Å². The number of imidazole rings is 1. The van der Waals surface area contributed by atoms with E-state index in [0.717, 1.165) is 47.1 Å². The van der Waals surface area contributed by atoms with E-state index in [9.17, 15) is 4.79 Å². The number of fused-ring (bicyclic) bond motifs is 1. The molecule has 1 saturated heterocycles. The SMILES string of the molecule is COc1ccc2nc(SCC(=O)NCCCCOc3csc(CN4CCCCC4)c3)[nH]c2c1. The van der Waals surface area contributed by atoms with Gasteiger partial charge in [0.2, 0.25) is 5.91 Å². The average Bonchev–Trinajstić information content (AvgIpc) is 3.46. The quantitative estimate of drug-likeness (QED) is 0.285. The summed E-state index contributed by atoms with van der Waals surface area (Å²) in [5, 5.41) is 5.81. The molecule has 7 nitrogen and oxygen atoms in total. The number of thiophene rings is 1. The number of H-pyrrole nitrogens is 1. The summed E-state index contributed by atoms with van der Waals surface area (Å²) < 4.78 is 11.1. The highest BCUT2D eigenvalue weighted by molar-refractivity contribution is 7.99. The second kappa shape index (κ2) is 12.3. The average molecular weight is 489 g/mol. The predicted octanol–water partition coefficient (Wildman–Crippen LogP) is 4.69. The number of rotatable bonds is 12. The fraction of sp³-hybridized carbons (Fsp3) is 0.500. The van der Waals surface area contributed by atoms with Gasteiger partial charge in [-0.15, -0.1) is 11.3 Å². The van der Waals surface area contributed by atoms with E-state index in [4.69, 9.17) is 9.47 Å². The van der Waals surface area contributed by atoms with E-state index in [-0.39, 0.29) is 5.91 Å². The molecule has 0 spiro atoms.